The van der Waals surface area contributed by atoms with Gasteiger partial charge in [-0.3, -0.25) is 14.4 Å². The standard InChI is InChI=1S/C20H30N4O4/c1-24(2)14-7-3-6-13(12-14)18(25)23-17(10-5-11-21)19(26)22-16-9-4-8-15(16)20(27)28/h3,6-7,12,15-17H,4-5,8-11,21H2,1-2H3,(H,22,26)(H,23,25)(H,27,28)/t15-,16?,17+/m1/s1. The number of nitrogens with one attached hydrogen (secondary N) is 2. The first kappa shape index (κ1) is 21.7. The highest BCUT2D eigenvalue weighted by molar-refractivity contribution is 5.98. The first-order valence-corrected chi connectivity index (χ1v) is 9.65. The molecular weight excluding hydrogens is 360 g/mol. The van der Waals surface area contributed by atoms with E-state index in [1.54, 1.807) is 18.2 Å². The van der Waals surface area contributed by atoms with Crippen LogP contribution in [0.15, 0.2) is 24.3 Å². The Kier molecular flexibility index (Phi) is 7.80. The van der Waals surface area contributed by atoms with E-state index in [0.717, 1.165) is 12.1 Å². The van der Waals surface area contributed by atoms with Crippen molar-refractivity contribution >= 4 is 23.5 Å². The minimum Gasteiger partial charge on any atom is -0.481 e. The average Bonchev–Trinajstić information content (AvgIpc) is 3.13. The molecule has 1 aliphatic carbocycles. The molecule has 1 aliphatic rings. The second-order valence-corrected chi connectivity index (χ2v) is 7.39. The topological polar surface area (TPSA) is 125 Å². The van der Waals surface area contributed by atoms with Crippen molar-refractivity contribution in [1.82, 2.24) is 10.6 Å². The first-order chi connectivity index (χ1) is 13.3. The van der Waals surface area contributed by atoms with E-state index < -0.39 is 24.0 Å². The Morgan fingerprint density at radius 1 is 1.29 bits per heavy atom. The van der Waals surface area contributed by atoms with Crippen LogP contribution in [0.2, 0.25) is 0 Å². The molecule has 1 unspecified atom stereocenters. The highest BCUT2D eigenvalue weighted by atomic mass is 16.4. The third-order valence-electron chi connectivity index (χ3n) is 5.10. The van der Waals surface area contributed by atoms with Gasteiger partial charge in [-0.1, -0.05) is 12.5 Å². The Labute approximate surface area is 165 Å². The van der Waals surface area contributed by atoms with Crippen LogP contribution in [-0.4, -0.2) is 55.6 Å². The largest absolute Gasteiger partial charge is 0.481 e. The molecule has 1 aromatic rings. The maximum atomic E-state index is 12.7. The van der Waals surface area contributed by atoms with Crippen LogP contribution in [0.3, 0.4) is 0 Å². The van der Waals surface area contributed by atoms with E-state index in [9.17, 15) is 19.5 Å². The highest BCUT2D eigenvalue weighted by Crippen LogP contribution is 2.26. The zero-order valence-electron chi connectivity index (χ0n) is 16.5. The predicted octanol–water partition coefficient (Wildman–Crippen LogP) is 0.959. The summed E-state index contributed by atoms with van der Waals surface area (Å²) in [5, 5.41) is 14.9. The second-order valence-electron chi connectivity index (χ2n) is 7.39. The van der Waals surface area contributed by atoms with Crippen LogP contribution in [0.4, 0.5) is 5.69 Å². The van der Waals surface area contributed by atoms with Gasteiger partial charge < -0.3 is 26.4 Å². The second kappa shape index (κ2) is 10.1. The van der Waals surface area contributed by atoms with Gasteiger partial charge in [0.25, 0.3) is 5.91 Å². The number of nitrogens with two attached hydrogens (primary N) is 1. The Bertz CT molecular complexity index is 707. The SMILES string of the molecule is CN(C)c1cccc(C(=O)N[C@@H](CCCN)C(=O)NC2CCC[C@H]2C(=O)O)c1. The monoisotopic (exact) mass is 390 g/mol. The Morgan fingerprint density at radius 2 is 2.04 bits per heavy atom. The summed E-state index contributed by atoms with van der Waals surface area (Å²) in [6.07, 6.45) is 2.91. The zero-order chi connectivity index (χ0) is 20.7. The molecule has 154 valence electrons. The molecule has 8 heteroatoms. The number of hydrogen-bond donors (Lipinski definition) is 4. The number of carboxylic acids is 1. The summed E-state index contributed by atoms with van der Waals surface area (Å²) in [5.74, 6) is -2.18. The van der Waals surface area contributed by atoms with E-state index >= 15 is 0 Å². The van der Waals surface area contributed by atoms with Gasteiger partial charge in [0.2, 0.25) is 5.91 Å². The smallest absolute Gasteiger partial charge is 0.308 e. The van der Waals surface area contributed by atoms with Crippen molar-refractivity contribution in [2.24, 2.45) is 11.7 Å². The minimum atomic E-state index is -0.897. The minimum absolute atomic E-state index is 0.345. The Morgan fingerprint density at radius 3 is 2.68 bits per heavy atom. The van der Waals surface area contributed by atoms with E-state index in [1.807, 2.05) is 25.1 Å². The molecule has 28 heavy (non-hydrogen) atoms. The fourth-order valence-electron chi connectivity index (χ4n) is 3.47. The number of amides is 2. The summed E-state index contributed by atoms with van der Waals surface area (Å²) in [6, 6.07) is 5.97. The molecule has 3 atom stereocenters. The lowest BCUT2D eigenvalue weighted by atomic mass is 10.0. The summed E-state index contributed by atoms with van der Waals surface area (Å²) in [4.78, 5) is 38.7. The number of carbonyl (C=O) groups excluding carboxylic acids is 2. The van der Waals surface area contributed by atoms with E-state index in [-0.39, 0.29) is 11.8 Å². The predicted molar refractivity (Wildman–Crippen MR) is 107 cm³/mol. The molecule has 2 amide bonds. The number of aliphatic carboxylic acids is 1. The van der Waals surface area contributed by atoms with Gasteiger partial charge in [0.15, 0.2) is 0 Å². The summed E-state index contributed by atoms with van der Waals surface area (Å²) in [6.45, 7) is 0.400. The van der Waals surface area contributed by atoms with Crippen molar-refractivity contribution in [3.05, 3.63) is 29.8 Å². The summed E-state index contributed by atoms with van der Waals surface area (Å²) < 4.78 is 0. The first-order valence-electron chi connectivity index (χ1n) is 9.65. The summed E-state index contributed by atoms with van der Waals surface area (Å²) >= 11 is 0. The number of carbonyl (C=O) groups is 3. The van der Waals surface area contributed by atoms with Crippen molar-refractivity contribution < 1.29 is 19.5 Å². The van der Waals surface area contributed by atoms with E-state index in [1.165, 1.54) is 0 Å². The highest BCUT2D eigenvalue weighted by Gasteiger charge is 2.35. The average molecular weight is 390 g/mol. The molecule has 8 nitrogen and oxygen atoms in total. The van der Waals surface area contributed by atoms with E-state index in [4.69, 9.17) is 5.73 Å². The third-order valence-corrected chi connectivity index (χ3v) is 5.10. The van der Waals surface area contributed by atoms with Crippen molar-refractivity contribution in [3.63, 3.8) is 0 Å². The molecule has 0 aromatic heterocycles. The zero-order valence-corrected chi connectivity index (χ0v) is 16.5. The van der Waals surface area contributed by atoms with Gasteiger partial charge in [-0.15, -0.1) is 0 Å². The van der Waals surface area contributed by atoms with Crippen LogP contribution in [0, 0.1) is 5.92 Å². The summed E-state index contributed by atoms with van der Waals surface area (Å²) in [5.41, 5.74) is 6.91. The number of hydrogen-bond acceptors (Lipinski definition) is 5. The molecule has 1 aromatic carbocycles. The van der Waals surface area contributed by atoms with Crippen LogP contribution >= 0.6 is 0 Å². The van der Waals surface area contributed by atoms with Crippen LogP contribution in [0.1, 0.15) is 42.5 Å². The number of carboxylic acid groups (broad SMARTS) is 1. The van der Waals surface area contributed by atoms with Gasteiger partial charge in [0.05, 0.1) is 5.92 Å². The van der Waals surface area contributed by atoms with Gasteiger partial charge in [-0.25, -0.2) is 0 Å². The van der Waals surface area contributed by atoms with Gasteiger partial charge >= 0.3 is 5.97 Å². The van der Waals surface area contributed by atoms with E-state index in [2.05, 4.69) is 10.6 Å². The molecule has 0 saturated heterocycles. The fraction of sp³-hybridized carbons (Fsp3) is 0.550. The molecular formula is C20H30N4O4. The lowest BCUT2D eigenvalue weighted by Crippen LogP contribution is -2.51. The molecule has 0 spiro atoms. The Balaban J connectivity index is 2.07. The Hall–Kier alpha value is -2.61. The summed E-state index contributed by atoms with van der Waals surface area (Å²) in [7, 11) is 3.77. The van der Waals surface area contributed by atoms with E-state index in [0.29, 0.717) is 37.8 Å². The number of nitrogens with zero attached hydrogens (tertiary/aromatic N) is 1. The van der Waals surface area contributed by atoms with Gasteiger partial charge in [-0.2, -0.15) is 0 Å². The normalized spacial score (nSPS) is 19.7. The number of anilines is 1. The van der Waals surface area contributed by atoms with Crippen LogP contribution in [0.5, 0.6) is 0 Å². The maximum Gasteiger partial charge on any atom is 0.308 e. The van der Waals surface area contributed by atoms with Gasteiger partial charge in [-0.05, 0) is 50.4 Å². The van der Waals surface area contributed by atoms with Crippen molar-refractivity contribution in [2.75, 3.05) is 25.5 Å². The van der Waals surface area contributed by atoms with Crippen molar-refractivity contribution in [3.8, 4) is 0 Å². The van der Waals surface area contributed by atoms with Crippen molar-refractivity contribution in [1.29, 1.82) is 0 Å². The molecule has 1 saturated carbocycles. The van der Waals surface area contributed by atoms with Gasteiger partial charge in [0, 0.05) is 31.4 Å². The van der Waals surface area contributed by atoms with Crippen LogP contribution < -0.4 is 21.3 Å². The quantitative estimate of drug-likeness (QED) is 0.498. The lowest BCUT2D eigenvalue weighted by molar-refractivity contribution is -0.142. The lowest BCUT2D eigenvalue weighted by Gasteiger charge is -2.23. The van der Waals surface area contributed by atoms with Gasteiger partial charge in [0.1, 0.15) is 6.04 Å². The van der Waals surface area contributed by atoms with Crippen LogP contribution in [-0.2, 0) is 9.59 Å². The number of benzene rings is 1. The molecule has 0 heterocycles. The maximum absolute atomic E-state index is 12.7. The fourth-order valence-corrected chi connectivity index (χ4v) is 3.47. The molecule has 0 bridgehead atoms. The molecule has 2 rings (SSSR count). The molecule has 1 fully saturated rings. The molecule has 0 radical (unpaired) electrons. The van der Waals surface area contributed by atoms with Crippen LogP contribution in [0.25, 0.3) is 0 Å². The number of rotatable bonds is 9. The molecule has 5 N–H and O–H groups in total. The molecule has 0 aliphatic heterocycles. The third kappa shape index (κ3) is 5.69. The van der Waals surface area contributed by atoms with Crippen molar-refractivity contribution in [2.45, 2.75) is 44.2 Å².